The van der Waals surface area contributed by atoms with Crippen LogP contribution in [0.15, 0.2) is 231 Å². The molecule has 0 saturated carbocycles. The predicted molar refractivity (Wildman–Crippen MR) is 317 cm³/mol. The largest absolute Gasteiger partial charge is 1.00 e. The SMILES string of the molecule is CCCCCCCCOc1ccc(CBr)cc1.CCCCCCCCOc1ccc(C[P+](c2ccccc2)(c2ccccc2)c2ccccc2)cc1.[Br-].c1ccc(P(c2ccccc2)c2ccccc2)cc1. The van der Waals surface area contributed by atoms with Gasteiger partial charge in [-0.2, -0.15) is 0 Å². The molecular formula is C66H76Br2O2P2. The van der Waals surface area contributed by atoms with Crippen LogP contribution in [0.1, 0.15) is 102 Å². The highest BCUT2D eigenvalue weighted by molar-refractivity contribution is 9.08. The molecule has 0 atom stereocenters. The first kappa shape index (κ1) is 58.1. The molecule has 0 unspecified atom stereocenters. The van der Waals surface area contributed by atoms with Crippen LogP contribution in [0.2, 0.25) is 0 Å². The Bertz CT molecular complexity index is 2360. The first-order valence-electron chi connectivity index (χ1n) is 26.1. The number of hydrogen-bond donors (Lipinski definition) is 0. The Morgan fingerprint density at radius 1 is 0.347 bits per heavy atom. The van der Waals surface area contributed by atoms with E-state index in [1.165, 1.54) is 114 Å². The lowest BCUT2D eigenvalue weighted by atomic mass is 10.1. The number of rotatable bonds is 25. The molecule has 6 heteroatoms. The van der Waals surface area contributed by atoms with Crippen molar-refractivity contribution in [3.8, 4) is 11.5 Å². The van der Waals surface area contributed by atoms with Crippen molar-refractivity contribution in [1.82, 2.24) is 0 Å². The van der Waals surface area contributed by atoms with Gasteiger partial charge < -0.3 is 26.5 Å². The maximum atomic E-state index is 6.06. The summed E-state index contributed by atoms with van der Waals surface area (Å²) in [5, 5.41) is 9.35. The third kappa shape index (κ3) is 19.2. The molecule has 2 nitrogen and oxygen atoms in total. The quantitative estimate of drug-likeness (QED) is 0.0323. The van der Waals surface area contributed by atoms with Gasteiger partial charge in [0.1, 0.15) is 34.7 Å². The van der Waals surface area contributed by atoms with Crippen molar-refractivity contribution < 1.29 is 26.5 Å². The van der Waals surface area contributed by atoms with Crippen LogP contribution in [0.4, 0.5) is 0 Å². The van der Waals surface area contributed by atoms with Gasteiger partial charge in [-0.05, 0) is 108 Å². The van der Waals surface area contributed by atoms with Crippen molar-refractivity contribution in [3.63, 3.8) is 0 Å². The number of halogens is 2. The van der Waals surface area contributed by atoms with E-state index < -0.39 is 15.2 Å². The second-order valence-electron chi connectivity index (χ2n) is 18.0. The van der Waals surface area contributed by atoms with Crippen molar-refractivity contribution in [2.45, 2.75) is 102 Å². The first-order chi connectivity index (χ1) is 35.1. The highest BCUT2D eigenvalue weighted by Crippen LogP contribution is 2.58. The monoisotopic (exact) mass is 1120 g/mol. The van der Waals surface area contributed by atoms with Crippen LogP contribution in [-0.4, -0.2) is 13.2 Å². The molecule has 0 N–H and O–H groups in total. The van der Waals surface area contributed by atoms with E-state index in [4.69, 9.17) is 9.47 Å². The fourth-order valence-electron chi connectivity index (χ4n) is 8.73. The molecule has 8 rings (SSSR count). The maximum Gasteiger partial charge on any atom is 0.119 e. The van der Waals surface area contributed by atoms with Crippen LogP contribution in [0.3, 0.4) is 0 Å². The van der Waals surface area contributed by atoms with Crippen LogP contribution < -0.4 is 58.3 Å². The molecule has 72 heavy (non-hydrogen) atoms. The van der Waals surface area contributed by atoms with Crippen molar-refractivity contribution in [1.29, 1.82) is 0 Å². The standard InChI is InChI=1S/C33H38OP.C18H15P.C15H23BrO.BrH/c1-2-3-4-5-6-16-27-34-30-25-23-29(24-26-30)28-35(31-17-10-7-11-18-31,32-19-12-8-13-20-32)33-21-14-9-15-22-33;1-4-10-16(11-5-1)19(17-12-6-2-7-13-17)18-14-8-3-9-15-18;1-2-3-4-5-6-7-12-17-15-10-8-14(13-16)9-11-15;/h7-15,17-26H,2-6,16,27-28H2,1H3;1-15H;8-11H,2-7,12-13H2,1H3;1H/q+1;;;/p-1. The van der Waals surface area contributed by atoms with Crippen LogP contribution in [0, 0.1) is 0 Å². The Balaban J connectivity index is 0.000000219. The molecule has 0 heterocycles. The lowest BCUT2D eigenvalue weighted by molar-refractivity contribution is -0.0000150. The molecule has 0 bridgehead atoms. The van der Waals surface area contributed by atoms with Gasteiger partial charge in [-0.25, -0.2) is 0 Å². The molecule has 376 valence electrons. The minimum absolute atomic E-state index is 0. The first-order valence-corrected chi connectivity index (χ1v) is 30.6. The third-order valence-corrected chi connectivity index (χ3v) is 20.1. The van der Waals surface area contributed by atoms with Crippen LogP contribution >= 0.6 is 31.1 Å². The Morgan fingerprint density at radius 2 is 0.639 bits per heavy atom. The number of alkyl halides is 1. The Hall–Kier alpha value is -4.82. The van der Waals surface area contributed by atoms with Gasteiger partial charge in [0.2, 0.25) is 0 Å². The third-order valence-electron chi connectivity index (χ3n) is 12.6. The molecule has 0 aliphatic heterocycles. The molecule has 0 aliphatic carbocycles. The summed E-state index contributed by atoms with van der Waals surface area (Å²) in [7, 11) is -2.32. The molecule has 0 aliphatic rings. The molecule has 0 radical (unpaired) electrons. The summed E-state index contributed by atoms with van der Waals surface area (Å²) in [6.07, 6.45) is 16.6. The molecule has 0 fully saturated rings. The topological polar surface area (TPSA) is 18.5 Å². The van der Waals surface area contributed by atoms with E-state index in [2.05, 4.69) is 248 Å². The van der Waals surface area contributed by atoms with Gasteiger partial charge in [-0.15, -0.1) is 0 Å². The molecule has 0 amide bonds. The maximum absolute atomic E-state index is 6.06. The zero-order chi connectivity index (χ0) is 49.4. The molecule has 0 aromatic heterocycles. The fourth-order valence-corrected chi connectivity index (χ4v) is 15.7. The minimum atomic E-state index is -1.87. The highest BCUT2D eigenvalue weighted by atomic mass is 79.9. The van der Waals surface area contributed by atoms with Crippen LogP contribution in [0.5, 0.6) is 11.5 Å². The summed E-state index contributed by atoms with van der Waals surface area (Å²) in [6, 6.07) is 82.7. The summed E-state index contributed by atoms with van der Waals surface area (Å²) in [6.45, 7) is 6.16. The van der Waals surface area contributed by atoms with Gasteiger partial charge in [0.25, 0.3) is 0 Å². The smallest absolute Gasteiger partial charge is 0.119 e. The summed E-state index contributed by atoms with van der Waals surface area (Å²) < 4.78 is 11.8. The minimum Gasteiger partial charge on any atom is -1.00 e. The van der Waals surface area contributed by atoms with E-state index in [9.17, 15) is 0 Å². The second kappa shape index (κ2) is 34.6. The Labute approximate surface area is 455 Å². The van der Waals surface area contributed by atoms with Crippen molar-refractivity contribution >= 4 is 62.9 Å². The van der Waals surface area contributed by atoms with Gasteiger partial charge >= 0.3 is 0 Å². The van der Waals surface area contributed by atoms with E-state index in [-0.39, 0.29) is 17.0 Å². The lowest BCUT2D eigenvalue weighted by Crippen LogP contribution is -3.00. The van der Waals surface area contributed by atoms with E-state index in [1.54, 1.807) is 0 Å². The summed E-state index contributed by atoms with van der Waals surface area (Å²) in [4.78, 5) is 0. The van der Waals surface area contributed by atoms with Crippen LogP contribution in [-0.2, 0) is 11.5 Å². The van der Waals surface area contributed by atoms with Crippen LogP contribution in [0.25, 0.3) is 0 Å². The van der Waals surface area contributed by atoms with E-state index in [0.717, 1.165) is 42.6 Å². The molecular weight excluding hydrogens is 1050 g/mol. The molecule has 8 aromatic rings. The zero-order valence-electron chi connectivity index (χ0n) is 42.7. The molecule has 8 aromatic carbocycles. The van der Waals surface area contributed by atoms with Gasteiger partial charge in [-0.1, -0.05) is 264 Å². The summed E-state index contributed by atoms with van der Waals surface area (Å²) in [5.41, 5.74) is 2.64. The summed E-state index contributed by atoms with van der Waals surface area (Å²) >= 11 is 3.43. The predicted octanol–water partition coefficient (Wildman–Crippen LogP) is 13.7. The molecule has 0 saturated heterocycles. The van der Waals surface area contributed by atoms with Gasteiger partial charge in [0, 0.05) is 5.33 Å². The number of ether oxygens (including phenoxy) is 2. The summed E-state index contributed by atoms with van der Waals surface area (Å²) in [5.74, 6) is 1.97. The molecule has 0 spiro atoms. The van der Waals surface area contributed by atoms with Crippen molar-refractivity contribution in [3.05, 3.63) is 242 Å². The van der Waals surface area contributed by atoms with E-state index in [1.807, 2.05) is 12.1 Å². The second-order valence-corrected chi connectivity index (χ2v) is 24.2. The number of benzene rings is 8. The number of hydrogen-bond acceptors (Lipinski definition) is 2. The van der Waals surface area contributed by atoms with Gasteiger partial charge in [0.15, 0.2) is 0 Å². The van der Waals surface area contributed by atoms with Crippen molar-refractivity contribution in [2.24, 2.45) is 0 Å². The Kier molecular flexibility index (Phi) is 27.9. The average Bonchev–Trinajstić information content (AvgIpc) is 3.44. The Morgan fingerprint density at radius 3 is 0.958 bits per heavy atom. The fraction of sp³-hybridized carbons (Fsp3) is 0.273. The lowest BCUT2D eigenvalue weighted by Gasteiger charge is -2.28. The van der Waals surface area contributed by atoms with E-state index in [0.29, 0.717) is 0 Å². The highest BCUT2D eigenvalue weighted by Gasteiger charge is 2.45. The van der Waals surface area contributed by atoms with Gasteiger partial charge in [0.05, 0.1) is 19.4 Å². The normalized spacial score (nSPS) is 10.8. The zero-order valence-corrected chi connectivity index (χ0v) is 47.7. The average molecular weight is 1120 g/mol. The van der Waals surface area contributed by atoms with Crippen molar-refractivity contribution in [2.75, 3.05) is 13.2 Å². The van der Waals surface area contributed by atoms with E-state index >= 15 is 0 Å². The van der Waals surface area contributed by atoms with Gasteiger partial charge in [-0.3, -0.25) is 0 Å². The number of unbranched alkanes of at least 4 members (excludes halogenated alkanes) is 10.